The summed E-state index contributed by atoms with van der Waals surface area (Å²) in [5.74, 6) is 0. The molecule has 5 heteroatoms. The summed E-state index contributed by atoms with van der Waals surface area (Å²) in [4.78, 5) is 0. The summed E-state index contributed by atoms with van der Waals surface area (Å²) in [7, 11) is 1.83. The highest BCUT2D eigenvalue weighted by Crippen LogP contribution is 2.31. The van der Waals surface area contributed by atoms with E-state index < -0.39 is 5.41 Å². The quantitative estimate of drug-likeness (QED) is 0.859. The number of hydrogen-bond acceptors (Lipinski definition) is 3. The van der Waals surface area contributed by atoms with E-state index in [2.05, 4.69) is 5.10 Å². The summed E-state index contributed by atoms with van der Waals surface area (Å²) >= 11 is 6.29. The Bertz CT molecular complexity index is 592. The lowest BCUT2D eigenvalue weighted by molar-refractivity contribution is 0.0533. The van der Waals surface area contributed by atoms with Crippen LogP contribution in [-0.4, -0.2) is 33.2 Å². The Morgan fingerprint density at radius 2 is 1.76 bits per heavy atom. The zero-order chi connectivity index (χ0) is 15.5. The van der Waals surface area contributed by atoms with E-state index in [4.69, 9.17) is 11.6 Å². The lowest BCUT2D eigenvalue weighted by atomic mass is 9.79. The highest BCUT2D eigenvalue weighted by Gasteiger charge is 2.32. The molecule has 0 radical (unpaired) electrons. The number of aromatic nitrogens is 2. The third-order valence-corrected chi connectivity index (χ3v) is 4.39. The minimum absolute atomic E-state index is 0.112. The van der Waals surface area contributed by atoms with Gasteiger partial charge in [0.2, 0.25) is 0 Å². The molecule has 2 rings (SSSR count). The van der Waals surface area contributed by atoms with Crippen molar-refractivity contribution in [2.24, 2.45) is 12.5 Å². The summed E-state index contributed by atoms with van der Waals surface area (Å²) in [5, 5.41) is 24.6. The largest absolute Gasteiger partial charge is 0.396 e. The molecule has 4 nitrogen and oxygen atoms in total. The molecule has 2 N–H and O–H groups in total. The van der Waals surface area contributed by atoms with Gasteiger partial charge in [-0.15, -0.1) is 0 Å². The first-order valence-corrected chi connectivity index (χ1v) is 7.33. The van der Waals surface area contributed by atoms with Crippen molar-refractivity contribution in [3.05, 3.63) is 52.3 Å². The fourth-order valence-corrected chi connectivity index (χ4v) is 2.82. The second-order valence-electron chi connectivity index (χ2n) is 5.63. The minimum atomic E-state index is -0.648. The topological polar surface area (TPSA) is 58.3 Å². The molecule has 0 aliphatic carbocycles. The van der Waals surface area contributed by atoms with Crippen molar-refractivity contribution < 1.29 is 10.2 Å². The molecule has 1 heterocycles. The average Bonchev–Trinajstić information content (AvgIpc) is 2.73. The number of benzene rings is 1. The molecule has 1 aromatic heterocycles. The predicted molar refractivity (Wildman–Crippen MR) is 83.4 cm³/mol. The molecule has 0 spiro atoms. The number of aryl methyl sites for hydroxylation is 2. The van der Waals surface area contributed by atoms with Gasteiger partial charge in [-0.3, -0.25) is 4.68 Å². The summed E-state index contributed by atoms with van der Waals surface area (Å²) < 4.78 is 1.72. The van der Waals surface area contributed by atoms with Crippen LogP contribution < -0.4 is 0 Å². The van der Waals surface area contributed by atoms with Crippen LogP contribution in [0.3, 0.4) is 0 Å². The van der Waals surface area contributed by atoms with Crippen molar-refractivity contribution in [1.82, 2.24) is 9.78 Å². The molecule has 0 aliphatic heterocycles. The van der Waals surface area contributed by atoms with Gasteiger partial charge in [0.1, 0.15) is 0 Å². The van der Waals surface area contributed by atoms with Gasteiger partial charge in [-0.05, 0) is 18.9 Å². The Morgan fingerprint density at radius 3 is 2.24 bits per heavy atom. The Labute approximate surface area is 130 Å². The van der Waals surface area contributed by atoms with Crippen LogP contribution in [0.1, 0.15) is 17.0 Å². The molecule has 1 aromatic carbocycles. The van der Waals surface area contributed by atoms with E-state index in [9.17, 15) is 10.2 Å². The molecule has 21 heavy (non-hydrogen) atoms. The first-order valence-electron chi connectivity index (χ1n) is 6.95. The van der Waals surface area contributed by atoms with Crippen LogP contribution in [0.2, 0.25) is 5.02 Å². The number of aliphatic hydroxyl groups is 2. The molecule has 0 saturated carbocycles. The van der Waals surface area contributed by atoms with Gasteiger partial charge < -0.3 is 10.2 Å². The fourth-order valence-electron chi connectivity index (χ4n) is 2.59. The standard InChI is InChI=1S/C16H21ClN2O2/c1-12-15(17)14(19(2)18-12)9-16(10-20,11-21)8-13-6-4-3-5-7-13/h3-7,20-21H,8-11H2,1-2H3. The second-order valence-corrected chi connectivity index (χ2v) is 6.00. The van der Waals surface area contributed by atoms with Crippen molar-refractivity contribution in [1.29, 1.82) is 0 Å². The molecule has 0 bridgehead atoms. The fraction of sp³-hybridized carbons (Fsp3) is 0.438. The molecule has 114 valence electrons. The van der Waals surface area contributed by atoms with Gasteiger partial charge >= 0.3 is 0 Å². The molecule has 2 aromatic rings. The van der Waals surface area contributed by atoms with Gasteiger partial charge in [-0.25, -0.2) is 0 Å². The maximum absolute atomic E-state index is 9.86. The lowest BCUT2D eigenvalue weighted by Crippen LogP contribution is -2.35. The van der Waals surface area contributed by atoms with Gasteiger partial charge in [0.15, 0.2) is 0 Å². The second kappa shape index (κ2) is 6.60. The van der Waals surface area contributed by atoms with Gasteiger partial charge in [0.25, 0.3) is 0 Å². The highest BCUT2D eigenvalue weighted by atomic mass is 35.5. The Kier molecular flexibility index (Phi) is 5.04. The van der Waals surface area contributed by atoms with E-state index in [1.54, 1.807) is 4.68 Å². The van der Waals surface area contributed by atoms with Crippen molar-refractivity contribution >= 4 is 11.6 Å². The van der Waals surface area contributed by atoms with Crippen LogP contribution in [0.4, 0.5) is 0 Å². The van der Waals surface area contributed by atoms with Crippen LogP contribution in [-0.2, 0) is 19.9 Å². The number of halogens is 1. The molecule has 0 saturated heterocycles. The molecule has 0 aliphatic rings. The van der Waals surface area contributed by atoms with Crippen LogP contribution in [0, 0.1) is 12.3 Å². The zero-order valence-corrected chi connectivity index (χ0v) is 13.1. The zero-order valence-electron chi connectivity index (χ0n) is 12.4. The maximum Gasteiger partial charge on any atom is 0.0847 e. The molecule has 0 unspecified atom stereocenters. The van der Waals surface area contributed by atoms with E-state index >= 15 is 0 Å². The number of aliphatic hydroxyl groups excluding tert-OH is 2. The minimum Gasteiger partial charge on any atom is -0.396 e. The molecule has 0 fully saturated rings. The molecular weight excluding hydrogens is 288 g/mol. The van der Waals surface area contributed by atoms with E-state index in [1.165, 1.54) is 0 Å². The first-order chi connectivity index (χ1) is 10.0. The number of hydrogen-bond donors (Lipinski definition) is 2. The van der Waals surface area contributed by atoms with Crippen molar-refractivity contribution in [2.45, 2.75) is 19.8 Å². The summed E-state index contributed by atoms with van der Waals surface area (Å²) in [6.07, 6.45) is 1.06. The molecule has 0 atom stereocenters. The lowest BCUT2D eigenvalue weighted by Gasteiger charge is -2.30. The van der Waals surface area contributed by atoms with Crippen LogP contribution in [0.25, 0.3) is 0 Å². The smallest absolute Gasteiger partial charge is 0.0847 e. The van der Waals surface area contributed by atoms with Crippen molar-refractivity contribution in [2.75, 3.05) is 13.2 Å². The van der Waals surface area contributed by atoms with E-state index in [1.807, 2.05) is 44.3 Å². The highest BCUT2D eigenvalue weighted by molar-refractivity contribution is 6.31. The third-order valence-electron chi connectivity index (χ3n) is 3.90. The van der Waals surface area contributed by atoms with Crippen molar-refractivity contribution in [3.8, 4) is 0 Å². The summed E-state index contributed by atoms with van der Waals surface area (Å²) in [5.41, 5.74) is 2.04. The van der Waals surface area contributed by atoms with E-state index in [0.717, 1.165) is 17.0 Å². The summed E-state index contributed by atoms with van der Waals surface area (Å²) in [6.45, 7) is 1.63. The Morgan fingerprint density at radius 1 is 1.14 bits per heavy atom. The number of rotatable bonds is 6. The normalized spacial score (nSPS) is 11.9. The van der Waals surface area contributed by atoms with Crippen LogP contribution in [0.5, 0.6) is 0 Å². The summed E-state index contributed by atoms with van der Waals surface area (Å²) in [6, 6.07) is 9.85. The maximum atomic E-state index is 9.86. The van der Waals surface area contributed by atoms with Gasteiger partial charge in [-0.1, -0.05) is 41.9 Å². The molecule has 0 amide bonds. The van der Waals surface area contributed by atoms with Gasteiger partial charge in [-0.2, -0.15) is 5.10 Å². The predicted octanol–water partition coefficient (Wildman–Crippen LogP) is 2.14. The van der Waals surface area contributed by atoms with Gasteiger partial charge in [0.05, 0.1) is 29.6 Å². The van der Waals surface area contributed by atoms with E-state index in [-0.39, 0.29) is 13.2 Å². The Hall–Kier alpha value is -1.36. The van der Waals surface area contributed by atoms with Crippen molar-refractivity contribution in [3.63, 3.8) is 0 Å². The average molecular weight is 309 g/mol. The van der Waals surface area contributed by atoms with Crippen LogP contribution >= 0.6 is 11.6 Å². The number of nitrogens with zero attached hydrogens (tertiary/aromatic N) is 2. The Balaban J connectivity index is 2.30. The third kappa shape index (κ3) is 3.46. The first kappa shape index (κ1) is 16.0. The molecular formula is C16H21ClN2O2. The van der Waals surface area contributed by atoms with Crippen LogP contribution in [0.15, 0.2) is 30.3 Å². The SMILES string of the molecule is Cc1nn(C)c(CC(CO)(CO)Cc2ccccc2)c1Cl. The van der Waals surface area contributed by atoms with E-state index in [0.29, 0.717) is 17.9 Å². The monoisotopic (exact) mass is 308 g/mol. The van der Waals surface area contributed by atoms with Gasteiger partial charge in [0, 0.05) is 18.9 Å².